The zero-order chi connectivity index (χ0) is 13.7. The lowest BCUT2D eigenvalue weighted by Crippen LogP contribution is -2.39. The third-order valence-electron chi connectivity index (χ3n) is 2.46. The molecule has 7 heteroatoms. The number of hydrogen-bond donors (Lipinski definition) is 2. The van der Waals surface area contributed by atoms with E-state index in [0.29, 0.717) is 18.7 Å². The number of rotatable bonds is 5. The Labute approximate surface area is 110 Å². The van der Waals surface area contributed by atoms with Crippen molar-refractivity contribution in [2.75, 3.05) is 6.54 Å². The normalized spacial score (nSPS) is 11.9. The van der Waals surface area contributed by atoms with Crippen molar-refractivity contribution in [2.45, 2.75) is 33.2 Å². The van der Waals surface area contributed by atoms with E-state index in [4.69, 9.17) is 10.9 Å². The van der Waals surface area contributed by atoms with Gasteiger partial charge in [0.25, 0.3) is 5.91 Å². The number of carbonyl (C=O) groups is 1. The molecule has 1 aromatic heterocycles. The van der Waals surface area contributed by atoms with Gasteiger partial charge in [-0.1, -0.05) is 5.16 Å². The Morgan fingerprint density at radius 1 is 1.67 bits per heavy atom. The highest BCUT2D eigenvalue weighted by molar-refractivity contribution is 7.09. The van der Waals surface area contributed by atoms with Crippen molar-refractivity contribution in [1.29, 1.82) is 0 Å². The molecule has 0 aliphatic carbocycles. The van der Waals surface area contributed by atoms with Crippen LogP contribution >= 0.6 is 11.3 Å². The zero-order valence-corrected chi connectivity index (χ0v) is 11.6. The number of carbonyl (C=O) groups excluding carboxylic acids is 1. The fourth-order valence-electron chi connectivity index (χ4n) is 1.49. The molecular weight excluding hydrogens is 252 g/mol. The van der Waals surface area contributed by atoms with Gasteiger partial charge in [0.1, 0.15) is 11.5 Å². The lowest BCUT2D eigenvalue weighted by Gasteiger charge is -2.25. The molecule has 6 nitrogen and oxygen atoms in total. The van der Waals surface area contributed by atoms with Crippen LogP contribution in [0.2, 0.25) is 0 Å². The molecule has 0 saturated heterocycles. The van der Waals surface area contributed by atoms with Gasteiger partial charge >= 0.3 is 0 Å². The van der Waals surface area contributed by atoms with Crippen LogP contribution in [0.25, 0.3) is 0 Å². The predicted octanol–water partition coefficient (Wildman–Crippen LogP) is 1.44. The summed E-state index contributed by atoms with van der Waals surface area (Å²) in [5.74, 6) is -0.0111. The van der Waals surface area contributed by atoms with E-state index < -0.39 is 0 Å². The van der Waals surface area contributed by atoms with E-state index in [1.807, 2.05) is 20.8 Å². The van der Waals surface area contributed by atoms with Gasteiger partial charge in [0, 0.05) is 24.4 Å². The molecule has 100 valence electrons. The second-order valence-corrected chi connectivity index (χ2v) is 5.25. The maximum Gasteiger partial charge on any atom is 0.273 e. The van der Waals surface area contributed by atoms with Crippen LogP contribution in [0, 0.1) is 6.92 Å². The van der Waals surface area contributed by atoms with Crippen LogP contribution < -0.4 is 5.73 Å². The van der Waals surface area contributed by atoms with Crippen molar-refractivity contribution in [3.05, 3.63) is 16.1 Å². The number of aryl methyl sites for hydroxylation is 1. The van der Waals surface area contributed by atoms with Gasteiger partial charge < -0.3 is 15.8 Å². The van der Waals surface area contributed by atoms with Gasteiger partial charge in [-0.2, -0.15) is 0 Å². The minimum Gasteiger partial charge on any atom is -0.409 e. The smallest absolute Gasteiger partial charge is 0.273 e. The molecule has 3 N–H and O–H groups in total. The van der Waals surface area contributed by atoms with Crippen LogP contribution in [0.4, 0.5) is 0 Å². The second-order valence-electron chi connectivity index (χ2n) is 4.19. The molecule has 1 rings (SSSR count). The second kappa shape index (κ2) is 6.34. The lowest BCUT2D eigenvalue weighted by atomic mass is 10.2. The van der Waals surface area contributed by atoms with Gasteiger partial charge in [0.05, 0.1) is 5.01 Å². The van der Waals surface area contributed by atoms with Crippen LogP contribution in [0.3, 0.4) is 0 Å². The molecule has 0 bridgehead atoms. The summed E-state index contributed by atoms with van der Waals surface area (Å²) in [5, 5.41) is 14.0. The molecule has 0 atom stereocenters. The number of nitrogens with two attached hydrogens (primary N) is 1. The predicted molar refractivity (Wildman–Crippen MR) is 71.0 cm³/mol. The van der Waals surface area contributed by atoms with E-state index in [1.165, 1.54) is 11.3 Å². The Kier molecular flexibility index (Phi) is 5.08. The Morgan fingerprint density at radius 2 is 2.33 bits per heavy atom. The number of aromatic nitrogens is 1. The third-order valence-corrected chi connectivity index (χ3v) is 3.23. The molecule has 0 aliphatic rings. The van der Waals surface area contributed by atoms with Crippen LogP contribution in [-0.4, -0.2) is 39.4 Å². The average molecular weight is 270 g/mol. The Hall–Kier alpha value is -1.63. The first kappa shape index (κ1) is 14.4. The molecule has 1 heterocycles. The van der Waals surface area contributed by atoms with Crippen LogP contribution in [-0.2, 0) is 0 Å². The van der Waals surface area contributed by atoms with Gasteiger partial charge in [-0.3, -0.25) is 4.79 Å². The first-order valence-corrected chi connectivity index (χ1v) is 6.53. The molecule has 1 aromatic rings. The fraction of sp³-hybridized carbons (Fsp3) is 0.545. The highest BCUT2D eigenvalue weighted by atomic mass is 32.1. The van der Waals surface area contributed by atoms with E-state index >= 15 is 0 Å². The Bertz CT molecular complexity index is 442. The summed E-state index contributed by atoms with van der Waals surface area (Å²) in [6, 6.07) is 0.0333. The molecule has 0 radical (unpaired) electrons. The first-order chi connectivity index (χ1) is 8.45. The molecule has 18 heavy (non-hydrogen) atoms. The molecule has 0 unspecified atom stereocenters. The number of oxime groups is 1. The number of thiazole rings is 1. The highest BCUT2D eigenvalue weighted by Crippen LogP contribution is 2.12. The molecular formula is C11H18N4O2S. The number of nitrogens with zero attached hydrogens (tertiary/aromatic N) is 3. The van der Waals surface area contributed by atoms with Crippen molar-refractivity contribution < 1.29 is 10.0 Å². The van der Waals surface area contributed by atoms with E-state index in [9.17, 15) is 4.79 Å². The van der Waals surface area contributed by atoms with E-state index in [-0.39, 0.29) is 17.8 Å². The summed E-state index contributed by atoms with van der Waals surface area (Å²) >= 11 is 1.44. The van der Waals surface area contributed by atoms with Gasteiger partial charge in [0.2, 0.25) is 0 Å². The van der Waals surface area contributed by atoms with E-state index in [2.05, 4.69) is 10.1 Å². The van der Waals surface area contributed by atoms with Crippen molar-refractivity contribution in [3.63, 3.8) is 0 Å². The van der Waals surface area contributed by atoms with E-state index in [0.717, 1.165) is 5.01 Å². The maximum atomic E-state index is 12.2. The largest absolute Gasteiger partial charge is 0.409 e. The van der Waals surface area contributed by atoms with Crippen molar-refractivity contribution in [2.24, 2.45) is 10.9 Å². The van der Waals surface area contributed by atoms with Gasteiger partial charge in [-0.05, 0) is 20.8 Å². The molecule has 1 amide bonds. The third kappa shape index (κ3) is 3.69. The minimum atomic E-state index is -0.125. The van der Waals surface area contributed by atoms with Crippen molar-refractivity contribution in [3.8, 4) is 0 Å². The average Bonchev–Trinajstić information content (AvgIpc) is 2.75. The summed E-state index contributed by atoms with van der Waals surface area (Å²) in [6.07, 6.45) is 0.337. The number of hydrogen-bond acceptors (Lipinski definition) is 5. The van der Waals surface area contributed by atoms with Gasteiger partial charge in [-0.15, -0.1) is 11.3 Å². The molecule has 0 aliphatic heterocycles. The summed E-state index contributed by atoms with van der Waals surface area (Å²) < 4.78 is 0. The lowest BCUT2D eigenvalue weighted by molar-refractivity contribution is 0.0705. The molecule has 0 saturated carbocycles. The monoisotopic (exact) mass is 270 g/mol. The zero-order valence-electron chi connectivity index (χ0n) is 10.8. The van der Waals surface area contributed by atoms with Crippen LogP contribution in [0.5, 0.6) is 0 Å². The Morgan fingerprint density at radius 3 is 2.78 bits per heavy atom. The summed E-state index contributed by atoms with van der Waals surface area (Å²) in [4.78, 5) is 18.1. The van der Waals surface area contributed by atoms with Gasteiger partial charge in [0.15, 0.2) is 0 Å². The highest BCUT2D eigenvalue weighted by Gasteiger charge is 2.20. The molecule has 0 aromatic carbocycles. The summed E-state index contributed by atoms with van der Waals surface area (Å²) in [7, 11) is 0. The standard InChI is InChI=1S/C11H18N4O2S/c1-7(2)15(5-4-10(12)14-17)11(16)9-6-18-8(3)13-9/h6-7,17H,4-5H2,1-3H3,(H2,12,14). The number of amides is 1. The molecule has 0 spiro atoms. The van der Waals surface area contributed by atoms with Crippen LogP contribution in [0.1, 0.15) is 35.8 Å². The van der Waals surface area contributed by atoms with Crippen LogP contribution in [0.15, 0.2) is 10.5 Å². The van der Waals surface area contributed by atoms with Crippen molar-refractivity contribution >= 4 is 23.1 Å². The Balaban J connectivity index is 2.76. The number of amidine groups is 1. The maximum absolute atomic E-state index is 12.2. The quantitative estimate of drug-likeness (QED) is 0.366. The van der Waals surface area contributed by atoms with E-state index in [1.54, 1.807) is 10.3 Å². The fourth-order valence-corrected chi connectivity index (χ4v) is 2.07. The molecule has 0 fully saturated rings. The van der Waals surface area contributed by atoms with Crippen molar-refractivity contribution in [1.82, 2.24) is 9.88 Å². The summed E-state index contributed by atoms with van der Waals surface area (Å²) in [6.45, 7) is 6.10. The first-order valence-electron chi connectivity index (χ1n) is 5.65. The minimum absolute atomic E-state index is 0.0333. The SMILES string of the molecule is Cc1nc(C(=O)N(CCC(N)=NO)C(C)C)cs1. The topological polar surface area (TPSA) is 91.8 Å². The van der Waals surface area contributed by atoms with Gasteiger partial charge in [-0.25, -0.2) is 4.98 Å². The summed E-state index contributed by atoms with van der Waals surface area (Å²) in [5.41, 5.74) is 5.86.